The van der Waals surface area contributed by atoms with Gasteiger partial charge in [0.2, 0.25) is 0 Å². The van der Waals surface area contributed by atoms with Gasteiger partial charge in [-0.15, -0.1) is 0 Å². The molecule has 1 unspecified atom stereocenters. The summed E-state index contributed by atoms with van der Waals surface area (Å²) in [5.41, 5.74) is 0. The number of nitrogens with zero attached hydrogens (tertiary/aromatic N) is 1. The second-order valence-corrected chi connectivity index (χ2v) is 8.36. The molecule has 0 radical (unpaired) electrons. The monoisotopic (exact) mass is 369 g/mol. The number of rotatable bonds is 19. The number of carbonyl (C=O) groups is 1. The Kier molecular flexibility index (Phi) is 17.4. The molecule has 156 valence electrons. The third kappa shape index (κ3) is 14.6. The van der Waals surface area contributed by atoms with E-state index in [-0.39, 0.29) is 4.48 Å². The minimum absolute atomic E-state index is 0.0543. The normalized spacial score (nSPS) is 13.7. The molecule has 26 heavy (non-hydrogen) atoms. The quantitative estimate of drug-likeness (QED) is 0.194. The number of hydrogen-bond donors (Lipinski definition) is 0. The first-order valence-electron chi connectivity index (χ1n) is 11.6. The van der Waals surface area contributed by atoms with Crippen LogP contribution < -0.4 is 5.11 Å². The van der Waals surface area contributed by atoms with E-state index in [2.05, 4.69) is 6.92 Å². The summed E-state index contributed by atoms with van der Waals surface area (Å²) in [5.74, 6) is 0. The third-order valence-electron chi connectivity index (χ3n) is 5.89. The Balaban J connectivity index is 3.21. The zero-order valence-electron chi connectivity index (χ0n) is 18.2. The molecule has 0 N–H and O–H groups in total. The van der Waals surface area contributed by atoms with Crippen LogP contribution in [0, 0.1) is 0 Å². The van der Waals surface area contributed by atoms with E-state index >= 15 is 0 Å². The molecule has 0 rings (SSSR count). The van der Waals surface area contributed by atoms with Crippen LogP contribution in [-0.2, 0) is 0 Å². The molecule has 1 amide bonds. The average Bonchev–Trinajstić information content (AvgIpc) is 2.63. The number of carboxylic acid groups (broad SMARTS) is 1. The molecule has 0 bridgehead atoms. The number of hydrogen-bond acceptors (Lipinski definition) is 2. The minimum atomic E-state index is -0.941. The van der Waals surface area contributed by atoms with E-state index in [0.29, 0.717) is 13.1 Å². The summed E-state index contributed by atoms with van der Waals surface area (Å²) < 4.78 is 0.0543. The maximum absolute atomic E-state index is 11.1. The van der Waals surface area contributed by atoms with Crippen LogP contribution in [0.4, 0.5) is 4.79 Å². The lowest BCUT2D eigenvalue weighted by atomic mass is 10.0. The molecule has 0 spiro atoms. The molecular formula is C23H47NO2. The first kappa shape index (κ1) is 25.4. The molecule has 0 aromatic carbocycles. The Bertz CT molecular complexity index is 319. The Morgan fingerprint density at radius 2 is 0.923 bits per heavy atom. The summed E-state index contributed by atoms with van der Waals surface area (Å²) in [4.78, 5) is 11.1. The number of carbonyl (C=O) groups excluding carboxylic acids is 1. The highest BCUT2D eigenvalue weighted by atomic mass is 16.4. The van der Waals surface area contributed by atoms with Crippen molar-refractivity contribution in [1.82, 2.24) is 0 Å². The highest BCUT2D eigenvalue weighted by Gasteiger charge is 2.20. The van der Waals surface area contributed by atoms with Crippen molar-refractivity contribution in [3.63, 3.8) is 0 Å². The maximum atomic E-state index is 11.1. The molecule has 0 fully saturated rings. The van der Waals surface area contributed by atoms with Crippen LogP contribution >= 0.6 is 0 Å². The fraction of sp³-hybridized carbons (Fsp3) is 0.957. The van der Waals surface area contributed by atoms with Gasteiger partial charge in [-0.3, -0.25) is 4.48 Å². The Morgan fingerprint density at radius 3 is 1.19 bits per heavy atom. The largest absolute Gasteiger partial charge is 0.498 e. The van der Waals surface area contributed by atoms with Gasteiger partial charge in [-0.05, 0) is 19.8 Å². The van der Waals surface area contributed by atoms with Crippen LogP contribution in [0.25, 0.3) is 0 Å². The highest BCUT2D eigenvalue weighted by Crippen LogP contribution is 2.14. The summed E-state index contributed by atoms with van der Waals surface area (Å²) in [6.45, 7) is 5.52. The molecule has 0 saturated heterocycles. The van der Waals surface area contributed by atoms with Crippen molar-refractivity contribution in [1.29, 1.82) is 0 Å². The van der Waals surface area contributed by atoms with Crippen molar-refractivity contribution in [2.45, 2.75) is 123 Å². The predicted molar refractivity (Wildman–Crippen MR) is 111 cm³/mol. The highest BCUT2D eigenvalue weighted by molar-refractivity contribution is 5.53. The standard InChI is InChI=1S/C23H47NO2/c1-4-6-7-8-9-10-11-12-13-14-15-16-17-18-19-20-21-22-24(3,5-2)23(25)26/h4-22H2,1-3H3. The van der Waals surface area contributed by atoms with Crippen molar-refractivity contribution in [2.75, 3.05) is 20.1 Å². The minimum Gasteiger partial charge on any atom is -0.498 e. The molecule has 0 aliphatic heterocycles. The first-order chi connectivity index (χ1) is 12.6. The van der Waals surface area contributed by atoms with Gasteiger partial charge in [0.15, 0.2) is 0 Å². The fourth-order valence-corrected chi connectivity index (χ4v) is 3.56. The molecular weight excluding hydrogens is 322 g/mol. The van der Waals surface area contributed by atoms with Gasteiger partial charge in [0.25, 0.3) is 6.09 Å². The lowest BCUT2D eigenvalue weighted by Gasteiger charge is -2.32. The lowest BCUT2D eigenvalue weighted by molar-refractivity contribution is -0.855. The van der Waals surface area contributed by atoms with E-state index in [1.165, 1.54) is 96.3 Å². The lowest BCUT2D eigenvalue weighted by Crippen LogP contribution is -2.56. The molecule has 0 aliphatic carbocycles. The zero-order chi connectivity index (χ0) is 19.5. The predicted octanol–water partition coefficient (Wildman–Crippen LogP) is 6.45. The topological polar surface area (TPSA) is 40.1 Å². The second kappa shape index (κ2) is 17.8. The maximum Gasteiger partial charge on any atom is 0.257 e. The van der Waals surface area contributed by atoms with Gasteiger partial charge in [-0.2, -0.15) is 0 Å². The number of amides is 1. The zero-order valence-corrected chi connectivity index (χ0v) is 18.2. The van der Waals surface area contributed by atoms with E-state index in [0.717, 1.165) is 12.8 Å². The third-order valence-corrected chi connectivity index (χ3v) is 5.89. The number of unbranched alkanes of at least 4 members (excludes halogenated alkanes) is 16. The summed E-state index contributed by atoms with van der Waals surface area (Å²) >= 11 is 0. The van der Waals surface area contributed by atoms with Gasteiger partial charge in [0, 0.05) is 0 Å². The fourth-order valence-electron chi connectivity index (χ4n) is 3.56. The molecule has 0 aromatic rings. The van der Waals surface area contributed by atoms with Crippen molar-refractivity contribution < 1.29 is 14.4 Å². The van der Waals surface area contributed by atoms with Crippen LogP contribution in [-0.4, -0.2) is 30.7 Å². The van der Waals surface area contributed by atoms with Crippen molar-refractivity contribution in [3.8, 4) is 0 Å². The van der Waals surface area contributed by atoms with Crippen LogP contribution in [0.5, 0.6) is 0 Å². The van der Waals surface area contributed by atoms with E-state index < -0.39 is 6.09 Å². The Morgan fingerprint density at radius 1 is 0.615 bits per heavy atom. The Hall–Kier alpha value is -0.570. The van der Waals surface area contributed by atoms with E-state index in [1.54, 1.807) is 7.05 Å². The molecule has 3 heteroatoms. The molecule has 1 atom stereocenters. The second-order valence-electron chi connectivity index (χ2n) is 8.36. The smallest absolute Gasteiger partial charge is 0.257 e. The van der Waals surface area contributed by atoms with Gasteiger partial charge >= 0.3 is 0 Å². The Labute approximate surface area is 164 Å². The molecule has 0 aliphatic rings. The summed E-state index contributed by atoms with van der Waals surface area (Å²) in [6.07, 6.45) is 22.1. The summed E-state index contributed by atoms with van der Waals surface area (Å²) in [7, 11) is 1.77. The van der Waals surface area contributed by atoms with Crippen molar-refractivity contribution in [2.24, 2.45) is 0 Å². The van der Waals surface area contributed by atoms with E-state index in [1.807, 2.05) is 6.92 Å². The van der Waals surface area contributed by atoms with Crippen molar-refractivity contribution >= 4 is 6.09 Å². The molecule has 0 saturated carbocycles. The van der Waals surface area contributed by atoms with Gasteiger partial charge in [-0.1, -0.05) is 103 Å². The van der Waals surface area contributed by atoms with Crippen LogP contribution in [0.2, 0.25) is 0 Å². The van der Waals surface area contributed by atoms with Crippen LogP contribution in [0.1, 0.15) is 123 Å². The molecule has 0 heterocycles. The van der Waals surface area contributed by atoms with E-state index in [4.69, 9.17) is 0 Å². The van der Waals surface area contributed by atoms with Gasteiger partial charge < -0.3 is 9.90 Å². The first-order valence-corrected chi connectivity index (χ1v) is 11.6. The molecule has 3 nitrogen and oxygen atoms in total. The molecule has 0 aromatic heterocycles. The number of quaternary nitrogens is 1. The van der Waals surface area contributed by atoms with Gasteiger partial charge in [0.05, 0.1) is 20.1 Å². The van der Waals surface area contributed by atoms with Gasteiger partial charge in [-0.25, -0.2) is 0 Å². The van der Waals surface area contributed by atoms with Crippen molar-refractivity contribution in [3.05, 3.63) is 0 Å². The van der Waals surface area contributed by atoms with E-state index in [9.17, 15) is 9.90 Å². The van der Waals surface area contributed by atoms with Crippen LogP contribution in [0.3, 0.4) is 0 Å². The average molecular weight is 370 g/mol. The summed E-state index contributed by atoms with van der Waals surface area (Å²) in [5, 5.41) is 11.1. The van der Waals surface area contributed by atoms with Gasteiger partial charge in [0.1, 0.15) is 0 Å². The summed E-state index contributed by atoms with van der Waals surface area (Å²) in [6, 6.07) is 0. The SMILES string of the molecule is CCCCCCCCCCCCCCCCCCC[N+](C)(CC)C(=O)[O-]. The van der Waals surface area contributed by atoms with Crippen LogP contribution in [0.15, 0.2) is 0 Å².